The van der Waals surface area contributed by atoms with Crippen LogP contribution in [0.15, 0.2) is 78.9 Å². The van der Waals surface area contributed by atoms with Gasteiger partial charge in [0, 0.05) is 16.8 Å². The quantitative estimate of drug-likeness (QED) is 0.656. The summed E-state index contributed by atoms with van der Waals surface area (Å²) < 4.78 is 6.00. The van der Waals surface area contributed by atoms with Crippen molar-refractivity contribution in [3.8, 4) is 11.5 Å². The van der Waals surface area contributed by atoms with Crippen molar-refractivity contribution in [1.82, 2.24) is 5.32 Å². The van der Waals surface area contributed by atoms with Crippen LogP contribution in [0.4, 0.5) is 5.69 Å². The van der Waals surface area contributed by atoms with Crippen LogP contribution in [0.2, 0.25) is 0 Å². The molecule has 1 aliphatic rings. The normalized spacial score (nSPS) is 12.5. The van der Waals surface area contributed by atoms with E-state index >= 15 is 0 Å². The molecular weight excluding hydrogens is 316 g/mol. The standard InChI is InChI=1S/C20H16N2OS/c24-20(21-14-8-2-1-3-9-14)22-19-15-10-4-6-12-17(15)23-18-13-7-5-11-16(18)19/h1-13,19H,(H2,21,22,24). The van der Waals surface area contributed by atoms with Gasteiger partial charge in [-0.3, -0.25) is 0 Å². The summed E-state index contributed by atoms with van der Waals surface area (Å²) >= 11 is 5.51. The van der Waals surface area contributed by atoms with Gasteiger partial charge < -0.3 is 15.4 Å². The van der Waals surface area contributed by atoms with Crippen LogP contribution in [0, 0.1) is 0 Å². The van der Waals surface area contributed by atoms with Gasteiger partial charge in [-0.2, -0.15) is 0 Å². The summed E-state index contributed by atoms with van der Waals surface area (Å²) in [5, 5.41) is 7.23. The molecule has 0 saturated carbocycles. The molecule has 0 bridgehead atoms. The van der Waals surface area contributed by atoms with Crippen molar-refractivity contribution in [3.63, 3.8) is 0 Å². The number of rotatable bonds is 2. The molecule has 0 fully saturated rings. The van der Waals surface area contributed by atoms with Gasteiger partial charge in [0.15, 0.2) is 5.11 Å². The second-order valence-corrected chi connectivity index (χ2v) is 5.98. The topological polar surface area (TPSA) is 33.3 Å². The van der Waals surface area contributed by atoms with E-state index in [1.54, 1.807) is 0 Å². The van der Waals surface area contributed by atoms with Gasteiger partial charge >= 0.3 is 0 Å². The van der Waals surface area contributed by atoms with Gasteiger partial charge in [0.2, 0.25) is 0 Å². The van der Waals surface area contributed by atoms with E-state index < -0.39 is 0 Å². The van der Waals surface area contributed by atoms with Crippen molar-refractivity contribution in [2.75, 3.05) is 5.32 Å². The van der Waals surface area contributed by atoms with E-state index in [1.807, 2.05) is 66.7 Å². The van der Waals surface area contributed by atoms with Gasteiger partial charge in [-0.1, -0.05) is 54.6 Å². The number of hydrogen-bond donors (Lipinski definition) is 2. The zero-order chi connectivity index (χ0) is 16.4. The maximum absolute atomic E-state index is 6.00. The molecule has 3 nitrogen and oxygen atoms in total. The van der Waals surface area contributed by atoms with E-state index in [1.165, 1.54) is 0 Å². The number of benzene rings is 3. The van der Waals surface area contributed by atoms with Crippen LogP contribution in [0.5, 0.6) is 11.5 Å². The van der Waals surface area contributed by atoms with Gasteiger partial charge in [-0.05, 0) is 36.5 Å². The summed E-state index contributed by atoms with van der Waals surface area (Å²) in [5.74, 6) is 1.72. The maximum Gasteiger partial charge on any atom is 0.171 e. The molecule has 0 amide bonds. The molecule has 4 heteroatoms. The van der Waals surface area contributed by atoms with Crippen LogP contribution in [0.25, 0.3) is 0 Å². The number of para-hydroxylation sites is 3. The highest BCUT2D eigenvalue weighted by Crippen LogP contribution is 2.42. The average molecular weight is 332 g/mol. The fraction of sp³-hybridized carbons (Fsp3) is 0.0500. The maximum atomic E-state index is 6.00. The summed E-state index contributed by atoms with van der Waals surface area (Å²) in [6.07, 6.45) is 0. The highest BCUT2D eigenvalue weighted by Gasteiger charge is 2.27. The van der Waals surface area contributed by atoms with Gasteiger partial charge in [0.25, 0.3) is 0 Å². The Balaban J connectivity index is 1.64. The Morgan fingerprint density at radius 3 is 1.92 bits per heavy atom. The minimum absolute atomic E-state index is 0.0464. The number of anilines is 1. The first-order chi connectivity index (χ1) is 11.8. The molecule has 1 aliphatic heterocycles. The lowest BCUT2D eigenvalue weighted by Crippen LogP contribution is -2.34. The van der Waals surface area contributed by atoms with Crippen LogP contribution >= 0.6 is 12.2 Å². The van der Waals surface area contributed by atoms with Crippen molar-refractivity contribution in [2.45, 2.75) is 6.04 Å². The lowest BCUT2D eigenvalue weighted by molar-refractivity contribution is 0.441. The Hall–Kier alpha value is -2.85. The van der Waals surface area contributed by atoms with Crippen LogP contribution in [-0.4, -0.2) is 5.11 Å². The fourth-order valence-electron chi connectivity index (χ4n) is 2.89. The Morgan fingerprint density at radius 1 is 0.750 bits per heavy atom. The molecule has 3 aromatic carbocycles. The predicted molar refractivity (Wildman–Crippen MR) is 101 cm³/mol. The van der Waals surface area contributed by atoms with Crippen LogP contribution < -0.4 is 15.4 Å². The van der Waals surface area contributed by atoms with Crippen molar-refractivity contribution >= 4 is 23.0 Å². The Morgan fingerprint density at radius 2 is 1.29 bits per heavy atom. The molecule has 0 spiro atoms. The molecule has 0 radical (unpaired) electrons. The third-order valence-electron chi connectivity index (χ3n) is 3.99. The van der Waals surface area contributed by atoms with Gasteiger partial charge in [0.1, 0.15) is 11.5 Å². The van der Waals surface area contributed by atoms with E-state index in [9.17, 15) is 0 Å². The second kappa shape index (κ2) is 6.34. The largest absolute Gasteiger partial charge is 0.457 e. The summed E-state index contributed by atoms with van der Waals surface area (Å²) in [6.45, 7) is 0. The molecular formula is C20H16N2OS. The van der Waals surface area contributed by atoms with E-state index in [-0.39, 0.29) is 6.04 Å². The molecule has 0 unspecified atom stereocenters. The van der Waals surface area contributed by atoms with E-state index in [0.29, 0.717) is 5.11 Å². The Kier molecular flexibility index (Phi) is 3.89. The minimum atomic E-state index is -0.0464. The van der Waals surface area contributed by atoms with Crippen LogP contribution in [0.3, 0.4) is 0 Å². The molecule has 1 heterocycles. The Bertz CT molecular complexity index is 834. The van der Waals surface area contributed by atoms with E-state index in [0.717, 1.165) is 28.3 Å². The van der Waals surface area contributed by atoms with E-state index in [4.69, 9.17) is 17.0 Å². The molecule has 0 atom stereocenters. The predicted octanol–water partition coefficient (Wildman–Crippen LogP) is 4.87. The second-order valence-electron chi connectivity index (χ2n) is 5.58. The molecule has 0 aliphatic carbocycles. The summed E-state index contributed by atoms with van der Waals surface area (Å²) in [7, 11) is 0. The van der Waals surface area contributed by atoms with E-state index in [2.05, 4.69) is 22.8 Å². The van der Waals surface area contributed by atoms with Gasteiger partial charge in [-0.25, -0.2) is 0 Å². The summed E-state index contributed by atoms with van der Waals surface area (Å²) in [4.78, 5) is 0. The smallest absolute Gasteiger partial charge is 0.171 e. The monoisotopic (exact) mass is 332 g/mol. The summed E-state index contributed by atoms with van der Waals surface area (Å²) in [6, 6.07) is 25.9. The number of ether oxygens (including phenoxy) is 1. The zero-order valence-corrected chi connectivity index (χ0v) is 13.7. The number of nitrogens with one attached hydrogen (secondary N) is 2. The molecule has 2 N–H and O–H groups in total. The lowest BCUT2D eigenvalue weighted by atomic mass is 9.95. The number of fused-ring (bicyclic) bond motifs is 2. The van der Waals surface area contributed by atoms with Crippen molar-refractivity contribution < 1.29 is 4.74 Å². The molecule has 0 aromatic heterocycles. The van der Waals surface area contributed by atoms with Crippen molar-refractivity contribution in [3.05, 3.63) is 90.0 Å². The molecule has 0 saturated heterocycles. The number of hydrogen-bond acceptors (Lipinski definition) is 2. The number of thiocarbonyl (C=S) groups is 1. The van der Waals surface area contributed by atoms with Gasteiger partial charge in [0.05, 0.1) is 6.04 Å². The van der Waals surface area contributed by atoms with Crippen molar-refractivity contribution in [2.24, 2.45) is 0 Å². The first-order valence-corrected chi connectivity index (χ1v) is 8.20. The van der Waals surface area contributed by atoms with Gasteiger partial charge in [-0.15, -0.1) is 0 Å². The highest BCUT2D eigenvalue weighted by atomic mass is 32.1. The first kappa shape index (κ1) is 14.7. The highest BCUT2D eigenvalue weighted by molar-refractivity contribution is 7.80. The lowest BCUT2D eigenvalue weighted by Gasteiger charge is -2.29. The molecule has 118 valence electrons. The molecule has 3 aromatic rings. The SMILES string of the molecule is S=C(Nc1ccccc1)NC1c2ccccc2Oc2ccccc21. The third-order valence-corrected chi connectivity index (χ3v) is 4.21. The summed E-state index contributed by atoms with van der Waals surface area (Å²) in [5.41, 5.74) is 3.12. The van der Waals surface area contributed by atoms with Crippen LogP contribution in [-0.2, 0) is 0 Å². The minimum Gasteiger partial charge on any atom is -0.457 e. The third kappa shape index (κ3) is 2.84. The molecule has 24 heavy (non-hydrogen) atoms. The van der Waals surface area contributed by atoms with Crippen LogP contribution in [0.1, 0.15) is 17.2 Å². The first-order valence-electron chi connectivity index (χ1n) is 7.79. The fourth-order valence-corrected chi connectivity index (χ4v) is 3.12. The Labute approximate surface area is 146 Å². The average Bonchev–Trinajstić information content (AvgIpc) is 2.62. The zero-order valence-electron chi connectivity index (χ0n) is 12.9. The van der Waals surface area contributed by atoms with Crippen molar-refractivity contribution in [1.29, 1.82) is 0 Å². The molecule has 4 rings (SSSR count).